The van der Waals surface area contributed by atoms with Crippen molar-refractivity contribution in [2.24, 2.45) is 0 Å². The van der Waals surface area contributed by atoms with Gasteiger partial charge in [0.1, 0.15) is 0 Å². The summed E-state index contributed by atoms with van der Waals surface area (Å²) in [7, 11) is -55.5. The van der Waals surface area contributed by atoms with Gasteiger partial charge in [0, 0.05) is 0 Å². The summed E-state index contributed by atoms with van der Waals surface area (Å²) in [5.74, 6) is 0. The van der Waals surface area contributed by atoms with Crippen molar-refractivity contribution in [1.82, 2.24) is 0 Å². The second kappa shape index (κ2) is 50.9. The van der Waals surface area contributed by atoms with Gasteiger partial charge in [0.25, 0.3) is 0 Å². The zero-order chi connectivity index (χ0) is 38.5. The van der Waals surface area contributed by atoms with Crippen molar-refractivity contribution in [3.63, 3.8) is 0 Å². The molecule has 304 valence electrons. The average Bonchev–Trinajstić information content (AvgIpc) is 2.36. The second-order valence-electron chi connectivity index (χ2n) is 4.97. The predicted octanol–water partition coefficient (Wildman–Crippen LogP) is -38.1. The van der Waals surface area contributed by atoms with Crippen LogP contribution in [0, 0.1) is 0 Å². The van der Waals surface area contributed by atoms with E-state index in [1.165, 1.54) is 0 Å². The Kier molecular flexibility index (Phi) is 105. The molecule has 0 heterocycles. The van der Waals surface area contributed by atoms with Crippen LogP contribution in [0.15, 0.2) is 0 Å². The third-order valence-electron chi connectivity index (χ3n) is 1.01. The molecule has 35 nitrogen and oxygen atoms in total. The standard InChI is InChI=1S/4Fe.8Na.5H4O7P2/c;;;;;;;;;;;;5*1-8(2,3)7-9(4,5)6/h;;;;;;;;;;;;5*(H2,1,2,3)(H2,4,5,6)/q4*+2;8*+1;;;;;/p-16. The van der Waals surface area contributed by atoms with E-state index in [0.717, 1.165) is 0 Å². The smallest absolute Gasteiger partial charge is 0.790 e. The first-order valence-corrected chi connectivity index (χ1v) is 22.1. The van der Waals surface area contributed by atoms with Crippen LogP contribution in [0.1, 0.15) is 0 Å². The largest absolute Gasteiger partial charge is 2.00 e. The minimum absolute atomic E-state index is 0. The molecule has 0 rings (SSSR count). The molecular formula is H4Fe4Na8O35P10. The Bertz CT molecular complexity index is 1030. The molecule has 0 aromatic heterocycles. The summed E-state index contributed by atoms with van der Waals surface area (Å²) >= 11 is 0. The molecule has 0 aliphatic heterocycles. The van der Waals surface area contributed by atoms with Gasteiger partial charge in [-0.1, -0.05) is 0 Å². The van der Waals surface area contributed by atoms with Gasteiger partial charge >= 0.3 is 320 Å². The quantitative estimate of drug-likeness (QED) is 0.117. The van der Waals surface area contributed by atoms with E-state index in [-0.39, 0.29) is 305 Å². The van der Waals surface area contributed by atoms with Crippen LogP contribution in [0.25, 0.3) is 0 Å². The first-order valence-electron chi connectivity index (χ1n) is 7.37. The second-order valence-corrected chi connectivity index (χ2v) is 17.4. The van der Waals surface area contributed by atoms with Crippen LogP contribution < -0.4 is 315 Å². The minimum Gasteiger partial charge on any atom is -0.790 e. The van der Waals surface area contributed by atoms with Crippen LogP contribution in [0.4, 0.5) is 0 Å². The SMILES string of the molecule is O=P(O)(O)OP(=O)(O)O.O=P([O-])([O-])OP(=O)([O-])[O-].O=P([O-])([O-])OP(=O)([O-])[O-].O=P([O-])([O-])OP(=O)([O-])[O-].O=P([O-])([O-])OP(=O)([O-])[O-].[Fe+2].[Fe+2].[Fe+2].[Fe+2].[Na+].[Na+].[Na+].[Na+].[Na+].[Na+].[Na+].[Na+]. The van der Waals surface area contributed by atoms with Crippen molar-refractivity contribution in [3.05, 3.63) is 0 Å². The first kappa shape index (κ1) is 118. The van der Waals surface area contributed by atoms with Crippen LogP contribution in [0.3, 0.4) is 0 Å². The normalized spacial score (nSPS) is 10.9. The maximum absolute atomic E-state index is 9.63. The number of hydrogen-bond acceptors (Lipinski definition) is 31. The molecular weight excluding hydrogens is 1280 g/mol. The van der Waals surface area contributed by atoms with Gasteiger partial charge in [-0.25, -0.2) is 9.13 Å². The van der Waals surface area contributed by atoms with E-state index in [1.54, 1.807) is 0 Å². The van der Waals surface area contributed by atoms with Crippen molar-refractivity contribution < 1.29 is 470 Å². The molecule has 0 aliphatic rings. The molecule has 57 heteroatoms. The van der Waals surface area contributed by atoms with Gasteiger partial charge in [0.2, 0.25) is 0 Å². The summed E-state index contributed by atoms with van der Waals surface area (Å²) in [5, 5.41) is 0. The summed E-state index contributed by atoms with van der Waals surface area (Å²) in [6.45, 7) is 0. The molecule has 0 aliphatic carbocycles. The average molecular weight is 1280 g/mol. The van der Waals surface area contributed by atoms with Crippen molar-refractivity contribution in [1.29, 1.82) is 0 Å². The van der Waals surface area contributed by atoms with E-state index in [1.807, 2.05) is 0 Å². The third kappa shape index (κ3) is 168. The Labute approximate surface area is 537 Å². The Morgan fingerprint density at radius 1 is 0.228 bits per heavy atom. The van der Waals surface area contributed by atoms with Crippen LogP contribution >= 0.6 is 78.2 Å². The van der Waals surface area contributed by atoms with E-state index in [4.69, 9.17) is 19.6 Å². The van der Waals surface area contributed by atoms with E-state index < -0.39 is 78.2 Å². The van der Waals surface area contributed by atoms with Gasteiger partial charge < -0.3 is 152 Å². The third-order valence-corrected chi connectivity index (χ3v) is 9.11. The molecule has 0 unspecified atom stereocenters. The van der Waals surface area contributed by atoms with Gasteiger partial charge in [-0.3, -0.25) is 0 Å². The summed E-state index contributed by atoms with van der Waals surface area (Å²) < 4.78 is 107. The van der Waals surface area contributed by atoms with Gasteiger partial charge in [-0.05, 0) is 0 Å². The predicted molar refractivity (Wildman–Crippen MR) is 90.4 cm³/mol. The zero-order valence-electron chi connectivity index (χ0n) is 28.3. The molecule has 0 spiro atoms. The van der Waals surface area contributed by atoms with Crippen LogP contribution in [0.2, 0.25) is 0 Å². The Morgan fingerprint density at radius 2 is 0.298 bits per heavy atom. The minimum atomic E-state index is -5.68. The fraction of sp³-hybridized carbons (Fsp3) is 0. The van der Waals surface area contributed by atoms with Gasteiger partial charge in [-0.15, -0.1) is 0 Å². The Balaban J connectivity index is -0.0000000222. The van der Waals surface area contributed by atoms with Gasteiger partial charge in [0.15, 0.2) is 0 Å². The molecule has 0 atom stereocenters. The summed E-state index contributed by atoms with van der Waals surface area (Å²) in [5.41, 5.74) is 0. The van der Waals surface area contributed by atoms with E-state index >= 15 is 0 Å². The van der Waals surface area contributed by atoms with E-state index in [0.29, 0.717) is 0 Å². The first-order chi connectivity index (χ1) is 18.5. The van der Waals surface area contributed by atoms with E-state index in [9.17, 15) is 124 Å². The maximum Gasteiger partial charge on any atom is 2.00 e. The Morgan fingerprint density at radius 3 is 0.298 bits per heavy atom. The molecule has 4 N–H and O–H groups in total. The van der Waals surface area contributed by atoms with Crippen molar-refractivity contribution >= 4 is 78.2 Å². The van der Waals surface area contributed by atoms with Crippen LogP contribution in [-0.4, -0.2) is 19.6 Å². The van der Waals surface area contributed by atoms with Gasteiger partial charge in [0.05, 0.1) is 62.6 Å². The molecule has 0 aromatic rings. The van der Waals surface area contributed by atoms with Crippen molar-refractivity contribution in [2.75, 3.05) is 0 Å². The number of hydrogen-bond donors (Lipinski definition) is 4. The Hall–Kier alpha value is 11.4. The molecule has 0 saturated heterocycles. The molecule has 0 saturated carbocycles. The van der Waals surface area contributed by atoms with E-state index in [2.05, 4.69) is 21.6 Å². The topological polar surface area (TPSA) is 667 Å². The number of rotatable bonds is 10. The fourth-order valence-corrected chi connectivity index (χ4v) is 5.66. The molecule has 0 radical (unpaired) electrons. The zero-order valence-corrected chi connectivity index (χ0v) is 57.7. The van der Waals surface area contributed by atoms with Crippen molar-refractivity contribution in [2.45, 2.75) is 0 Å². The maximum atomic E-state index is 9.63. The molecule has 0 bridgehead atoms. The monoisotopic (exact) mass is 1280 g/mol. The summed E-state index contributed by atoms with van der Waals surface area (Å²) in [4.78, 5) is 180. The summed E-state index contributed by atoms with van der Waals surface area (Å²) in [6.07, 6.45) is 0. The molecule has 57 heavy (non-hydrogen) atoms. The van der Waals surface area contributed by atoms with Crippen LogP contribution in [-0.2, 0) is 135 Å². The van der Waals surface area contributed by atoms with Crippen molar-refractivity contribution in [3.8, 4) is 0 Å². The fourth-order valence-electron chi connectivity index (χ4n) is 0.628. The summed E-state index contributed by atoms with van der Waals surface area (Å²) in [6, 6.07) is 0. The van der Waals surface area contributed by atoms with Crippen LogP contribution in [0.5, 0.6) is 0 Å². The number of phosphoric acid groups is 10. The molecule has 0 aromatic carbocycles. The molecule has 0 fully saturated rings. The van der Waals surface area contributed by atoms with Gasteiger partial charge in [-0.2, -0.15) is 4.31 Å². The molecule has 0 amide bonds.